The summed E-state index contributed by atoms with van der Waals surface area (Å²) < 4.78 is 6.17. The lowest BCUT2D eigenvalue weighted by Crippen LogP contribution is -2.44. The van der Waals surface area contributed by atoms with Gasteiger partial charge < -0.3 is 25.1 Å². The Morgan fingerprint density at radius 3 is 3.03 bits per heavy atom. The van der Waals surface area contributed by atoms with Gasteiger partial charge in [-0.2, -0.15) is 0 Å². The normalized spacial score (nSPS) is 26.8. The molecule has 0 saturated heterocycles. The highest BCUT2D eigenvalue weighted by Crippen LogP contribution is 2.31. The van der Waals surface area contributed by atoms with Crippen LogP contribution in [-0.2, 0) is 6.42 Å². The van der Waals surface area contributed by atoms with E-state index in [4.69, 9.17) is 4.74 Å². The fourth-order valence-corrected chi connectivity index (χ4v) is 4.84. The summed E-state index contributed by atoms with van der Waals surface area (Å²) in [4.78, 5) is 19.2. The van der Waals surface area contributed by atoms with E-state index in [1.165, 1.54) is 0 Å². The second-order valence-corrected chi connectivity index (χ2v) is 8.38. The number of ether oxygens (including phenoxy) is 1. The number of hydrogen-bond donors (Lipinski definition) is 4. The highest BCUT2D eigenvalue weighted by Gasteiger charge is 2.37. The third-order valence-corrected chi connectivity index (χ3v) is 6.43. The van der Waals surface area contributed by atoms with Crippen molar-refractivity contribution in [3.05, 3.63) is 53.5 Å². The lowest BCUT2D eigenvalue weighted by Gasteiger charge is -2.25. The van der Waals surface area contributed by atoms with Crippen LogP contribution in [-0.4, -0.2) is 45.7 Å². The second kappa shape index (κ2) is 7.35. The number of benzene rings is 1. The van der Waals surface area contributed by atoms with Gasteiger partial charge >= 0.3 is 0 Å². The van der Waals surface area contributed by atoms with Crippen LogP contribution in [0.15, 0.2) is 36.5 Å². The molecule has 2 heterocycles. The SMILES string of the molecule is Cc1cc2c([nH]1)CCC(CNC1CCC(Oc3cccc4[nH]ccc34)C1O)C2=O. The molecular weight excluding hydrogens is 366 g/mol. The van der Waals surface area contributed by atoms with E-state index in [9.17, 15) is 9.90 Å². The zero-order valence-corrected chi connectivity index (χ0v) is 16.6. The molecule has 6 heteroatoms. The van der Waals surface area contributed by atoms with Gasteiger partial charge in [0.05, 0.1) is 0 Å². The first-order valence-electron chi connectivity index (χ1n) is 10.5. The van der Waals surface area contributed by atoms with Gasteiger partial charge in [-0.1, -0.05) is 6.07 Å². The summed E-state index contributed by atoms with van der Waals surface area (Å²) in [5.41, 5.74) is 3.98. The molecular formula is C23H27N3O3. The van der Waals surface area contributed by atoms with Gasteiger partial charge in [0.2, 0.25) is 0 Å². The molecule has 2 aliphatic carbocycles. The van der Waals surface area contributed by atoms with Crippen LogP contribution in [0.4, 0.5) is 0 Å². The first-order chi connectivity index (χ1) is 14.1. The van der Waals surface area contributed by atoms with E-state index >= 15 is 0 Å². The minimum absolute atomic E-state index is 0.0292. The summed E-state index contributed by atoms with van der Waals surface area (Å²) in [6.45, 7) is 2.59. The van der Waals surface area contributed by atoms with Crippen molar-refractivity contribution >= 4 is 16.7 Å². The topological polar surface area (TPSA) is 90.1 Å². The van der Waals surface area contributed by atoms with Gasteiger partial charge in [0.25, 0.3) is 0 Å². The number of aliphatic hydroxyl groups is 1. The Labute approximate surface area is 169 Å². The van der Waals surface area contributed by atoms with Gasteiger partial charge in [-0.05, 0) is 56.9 Å². The molecule has 0 aliphatic heterocycles. The van der Waals surface area contributed by atoms with Gasteiger partial charge in [-0.3, -0.25) is 4.79 Å². The molecule has 6 nitrogen and oxygen atoms in total. The van der Waals surface area contributed by atoms with E-state index in [0.29, 0.717) is 6.54 Å². The van der Waals surface area contributed by atoms with Crippen LogP contribution in [0.3, 0.4) is 0 Å². The fraction of sp³-hybridized carbons (Fsp3) is 0.435. The van der Waals surface area contributed by atoms with Crippen LogP contribution >= 0.6 is 0 Å². The number of aliphatic hydroxyl groups excluding tert-OH is 1. The fourth-order valence-electron chi connectivity index (χ4n) is 4.84. The first-order valence-corrected chi connectivity index (χ1v) is 10.5. The van der Waals surface area contributed by atoms with Crippen molar-refractivity contribution in [2.75, 3.05) is 6.54 Å². The zero-order valence-electron chi connectivity index (χ0n) is 16.6. The van der Waals surface area contributed by atoms with Crippen molar-refractivity contribution < 1.29 is 14.6 Å². The van der Waals surface area contributed by atoms with Gasteiger partial charge in [0, 0.05) is 52.6 Å². The molecule has 29 heavy (non-hydrogen) atoms. The molecule has 1 fully saturated rings. The smallest absolute Gasteiger partial charge is 0.169 e. The number of ketones is 1. The van der Waals surface area contributed by atoms with Crippen LogP contribution in [0.5, 0.6) is 5.75 Å². The lowest BCUT2D eigenvalue weighted by molar-refractivity contribution is 0.0450. The molecule has 1 aromatic carbocycles. The number of nitrogens with one attached hydrogen (secondary N) is 3. The van der Waals surface area contributed by atoms with Crippen LogP contribution < -0.4 is 10.1 Å². The van der Waals surface area contributed by atoms with E-state index in [1.807, 2.05) is 43.5 Å². The average Bonchev–Trinajstić information content (AvgIpc) is 3.42. The Morgan fingerprint density at radius 1 is 1.24 bits per heavy atom. The minimum atomic E-state index is -0.590. The largest absolute Gasteiger partial charge is 0.487 e. The number of aryl methyl sites for hydroxylation is 2. The van der Waals surface area contributed by atoms with Crippen molar-refractivity contribution in [3.63, 3.8) is 0 Å². The minimum Gasteiger partial charge on any atom is -0.487 e. The quantitative estimate of drug-likeness (QED) is 0.536. The highest BCUT2D eigenvalue weighted by atomic mass is 16.5. The van der Waals surface area contributed by atoms with Gasteiger partial charge in [0.15, 0.2) is 5.78 Å². The molecule has 0 bridgehead atoms. The monoisotopic (exact) mass is 393 g/mol. The Kier molecular flexibility index (Phi) is 4.68. The number of Topliss-reactive ketones (excluding diaryl/α,β-unsaturated/α-hetero) is 1. The number of fused-ring (bicyclic) bond motifs is 2. The highest BCUT2D eigenvalue weighted by molar-refractivity contribution is 6.00. The van der Waals surface area contributed by atoms with E-state index in [0.717, 1.165) is 59.3 Å². The summed E-state index contributed by atoms with van der Waals surface area (Å²) in [6, 6.07) is 9.81. The Hall–Kier alpha value is -2.57. The van der Waals surface area contributed by atoms with Gasteiger partial charge in [-0.25, -0.2) is 0 Å². The second-order valence-electron chi connectivity index (χ2n) is 8.38. The van der Waals surface area contributed by atoms with E-state index in [2.05, 4.69) is 15.3 Å². The van der Waals surface area contributed by atoms with Crippen LogP contribution in [0.1, 0.15) is 41.0 Å². The number of aromatic nitrogens is 2. The lowest BCUT2D eigenvalue weighted by atomic mass is 9.86. The molecule has 0 amide bonds. The molecule has 1 saturated carbocycles. The number of H-pyrrole nitrogens is 2. The summed E-state index contributed by atoms with van der Waals surface area (Å²) in [6.07, 6.45) is 4.44. The maximum Gasteiger partial charge on any atom is 0.169 e. The summed E-state index contributed by atoms with van der Waals surface area (Å²) in [7, 11) is 0. The van der Waals surface area contributed by atoms with Crippen molar-refractivity contribution in [2.24, 2.45) is 5.92 Å². The zero-order chi connectivity index (χ0) is 20.0. The Bertz CT molecular complexity index is 1040. The van der Waals surface area contributed by atoms with Crippen molar-refractivity contribution in [1.29, 1.82) is 0 Å². The van der Waals surface area contributed by atoms with Crippen molar-refractivity contribution in [2.45, 2.75) is 50.9 Å². The molecule has 152 valence electrons. The number of aromatic amines is 2. The van der Waals surface area contributed by atoms with Crippen LogP contribution in [0, 0.1) is 12.8 Å². The number of carbonyl (C=O) groups is 1. The third-order valence-electron chi connectivity index (χ3n) is 6.43. The van der Waals surface area contributed by atoms with Crippen molar-refractivity contribution in [3.8, 4) is 5.75 Å². The Balaban J connectivity index is 1.20. The molecule has 5 rings (SSSR count). The van der Waals surface area contributed by atoms with E-state index < -0.39 is 6.10 Å². The predicted molar refractivity (Wildman–Crippen MR) is 111 cm³/mol. The molecule has 3 aromatic rings. The number of hydrogen-bond acceptors (Lipinski definition) is 4. The van der Waals surface area contributed by atoms with E-state index in [-0.39, 0.29) is 23.8 Å². The van der Waals surface area contributed by atoms with Crippen LogP contribution in [0.25, 0.3) is 10.9 Å². The molecule has 2 aliphatic rings. The van der Waals surface area contributed by atoms with Crippen LogP contribution in [0.2, 0.25) is 0 Å². The van der Waals surface area contributed by atoms with E-state index in [1.54, 1.807) is 0 Å². The van der Waals surface area contributed by atoms with Crippen molar-refractivity contribution in [1.82, 2.24) is 15.3 Å². The third kappa shape index (κ3) is 3.36. The average molecular weight is 393 g/mol. The van der Waals surface area contributed by atoms with Gasteiger partial charge in [0.1, 0.15) is 18.0 Å². The molecule has 2 aromatic heterocycles. The molecule has 4 atom stereocenters. The first kappa shape index (κ1) is 18.5. The molecule has 0 radical (unpaired) electrons. The summed E-state index contributed by atoms with van der Waals surface area (Å²) in [5.74, 6) is 0.979. The Morgan fingerprint density at radius 2 is 2.14 bits per heavy atom. The number of rotatable bonds is 5. The molecule has 4 unspecified atom stereocenters. The molecule has 4 N–H and O–H groups in total. The maximum absolute atomic E-state index is 12.8. The predicted octanol–water partition coefficient (Wildman–Crippen LogP) is 3.11. The maximum atomic E-state index is 12.8. The summed E-state index contributed by atoms with van der Waals surface area (Å²) >= 11 is 0. The number of carbonyl (C=O) groups excluding carboxylic acids is 1. The summed E-state index contributed by atoms with van der Waals surface area (Å²) in [5, 5.41) is 15.3. The standard InChI is InChI=1S/C23H27N3O3/c1-13-11-16-18(26-13)6-5-14(22(16)27)12-25-19-7-8-21(23(19)28)29-20-4-2-3-17-15(20)9-10-24-17/h2-4,9-11,14,19,21,23-26,28H,5-8,12H2,1H3. The molecule has 0 spiro atoms. The van der Waals surface area contributed by atoms with Gasteiger partial charge in [-0.15, -0.1) is 0 Å².